The maximum absolute atomic E-state index is 10.4. The van der Waals surface area contributed by atoms with Gasteiger partial charge in [0.1, 0.15) is 6.61 Å². The van der Waals surface area contributed by atoms with E-state index in [0.29, 0.717) is 6.61 Å². The average Bonchev–Trinajstić information content (AvgIpc) is 2.27. The van der Waals surface area contributed by atoms with Crippen molar-refractivity contribution in [3.8, 4) is 12.0 Å². The van der Waals surface area contributed by atoms with E-state index < -0.39 is 5.91 Å². The Hall–Kier alpha value is -1.99. The quantitative estimate of drug-likeness (QED) is 0.415. The fraction of sp³-hybridized carbons (Fsp3) is 0.250. The van der Waals surface area contributed by atoms with Crippen LogP contribution in [0.15, 0.2) is 24.3 Å². The average molecular weight is 218 g/mol. The molecule has 4 heteroatoms. The lowest BCUT2D eigenvalue weighted by Crippen LogP contribution is -2.18. The molecular formula is C12H14N2O2. The Labute approximate surface area is 94.6 Å². The SMILES string of the molecule is NC#Cc1ccc(CCOCC(N)=O)cc1. The molecule has 0 aliphatic rings. The third kappa shape index (κ3) is 4.49. The second kappa shape index (κ2) is 6.49. The number of benzene rings is 1. The molecule has 0 unspecified atom stereocenters. The van der Waals surface area contributed by atoms with E-state index in [4.69, 9.17) is 16.2 Å². The van der Waals surface area contributed by atoms with Gasteiger partial charge in [-0.1, -0.05) is 12.1 Å². The number of carbonyl (C=O) groups is 1. The lowest BCUT2D eigenvalue weighted by Gasteiger charge is -2.02. The van der Waals surface area contributed by atoms with Gasteiger partial charge in [0.05, 0.1) is 6.61 Å². The second-order valence-electron chi connectivity index (χ2n) is 3.24. The Kier molecular flexibility index (Phi) is 4.90. The van der Waals surface area contributed by atoms with Gasteiger partial charge >= 0.3 is 0 Å². The van der Waals surface area contributed by atoms with E-state index in [2.05, 4.69) is 12.0 Å². The van der Waals surface area contributed by atoms with Crippen LogP contribution < -0.4 is 11.5 Å². The van der Waals surface area contributed by atoms with E-state index in [1.807, 2.05) is 24.3 Å². The minimum absolute atomic E-state index is 0.0310. The van der Waals surface area contributed by atoms with E-state index in [1.54, 1.807) is 0 Å². The predicted molar refractivity (Wildman–Crippen MR) is 61.2 cm³/mol. The molecule has 84 valence electrons. The molecule has 0 saturated carbocycles. The standard InChI is InChI=1S/C12H14N2O2/c13-7-5-10-1-3-11(4-2-10)6-8-16-9-12(14)15/h1-4H,6,8-9,13H2,(H2,14,15). The molecule has 1 amide bonds. The Morgan fingerprint density at radius 1 is 1.31 bits per heavy atom. The highest BCUT2D eigenvalue weighted by atomic mass is 16.5. The van der Waals surface area contributed by atoms with Gasteiger partial charge in [-0.15, -0.1) is 0 Å². The highest BCUT2D eigenvalue weighted by Gasteiger charge is 1.96. The summed E-state index contributed by atoms with van der Waals surface area (Å²) in [5.41, 5.74) is 12.0. The van der Waals surface area contributed by atoms with Crippen molar-refractivity contribution in [1.82, 2.24) is 0 Å². The van der Waals surface area contributed by atoms with Crippen molar-refractivity contribution < 1.29 is 9.53 Å². The van der Waals surface area contributed by atoms with Gasteiger partial charge in [-0.3, -0.25) is 4.79 Å². The Balaban J connectivity index is 2.36. The molecule has 0 spiro atoms. The summed E-state index contributed by atoms with van der Waals surface area (Å²) in [7, 11) is 0. The Morgan fingerprint density at radius 3 is 2.56 bits per heavy atom. The van der Waals surface area contributed by atoms with Crippen LogP contribution in [0.3, 0.4) is 0 Å². The van der Waals surface area contributed by atoms with Crippen LogP contribution in [0.1, 0.15) is 11.1 Å². The van der Waals surface area contributed by atoms with Crippen molar-refractivity contribution in [3.63, 3.8) is 0 Å². The minimum atomic E-state index is -0.450. The maximum Gasteiger partial charge on any atom is 0.243 e. The van der Waals surface area contributed by atoms with Crippen molar-refractivity contribution in [1.29, 1.82) is 0 Å². The molecule has 0 aromatic heterocycles. The second-order valence-corrected chi connectivity index (χ2v) is 3.24. The molecule has 0 aliphatic carbocycles. The molecule has 0 saturated heterocycles. The third-order valence-corrected chi connectivity index (χ3v) is 1.95. The molecule has 0 atom stereocenters. The normalized spacial score (nSPS) is 9.25. The van der Waals surface area contributed by atoms with E-state index in [0.717, 1.165) is 17.5 Å². The van der Waals surface area contributed by atoms with Crippen LogP contribution in [0.5, 0.6) is 0 Å². The summed E-state index contributed by atoms with van der Waals surface area (Å²) >= 11 is 0. The zero-order chi connectivity index (χ0) is 11.8. The van der Waals surface area contributed by atoms with Crippen molar-refractivity contribution in [3.05, 3.63) is 35.4 Å². The first-order chi connectivity index (χ1) is 7.72. The van der Waals surface area contributed by atoms with E-state index in [-0.39, 0.29) is 6.61 Å². The van der Waals surface area contributed by atoms with E-state index >= 15 is 0 Å². The number of primary amides is 1. The van der Waals surface area contributed by atoms with Crippen LogP contribution in [0.2, 0.25) is 0 Å². The number of rotatable bonds is 5. The molecular weight excluding hydrogens is 204 g/mol. The number of amides is 1. The lowest BCUT2D eigenvalue weighted by atomic mass is 10.1. The highest BCUT2D eigenvalue weighted by molar-refractivity contribution is 5.74. The predicted octanol–water partition coefficient (Wildman–Crippen LogP) is -0.00130. The first kappa shape index (κ1) is 12.1. The topological polar surface area (TPSA) is 78.3 Å². The van der Waals surface area contributed by atoms with Crippen LogP contribution in [-0.4, -0.2) is 19.1 Å². The summed E-state index contributed by atoms with van der Waals surface area (Å²) in [6, 6.07) is 10.0. The van der Waals surface area contributed by atoms with E-state index in [1.165, 1.54) is 0 Å². The van der Waals surface area contributed by atoms with Gasteiger partial charge in [0.15, 0.2) is 0 Å². The molecule has 0 radical (unpaired) electrons. The first-order valence-electron chi connectivity index (χ1n) is 4.89. The number of carbonyl (C=O) groups excluding carboxylic acids is 1. The van der Waals surface area contributed by atoms with Gasteiger partial charge in [0, 0.05) is 11.6 Å². The van der Waals surface area contributed by atoms with Gasteiger partial charge in [-0.25, -0.2) is 0 Å². The highest BCUT2D eigenvalue weighted by Crippen LogP contribution is 2.04. The van der Waals surface area contributed by atoms with Crippen LogP contribution >= 0.6 is 0 Å². The molecule has 0 bridgehead atoms. The fourth-order valence-corrected chi connectivity index (χ4v) is 1.20. The molecule has 0 aliphatic heterocycles. The smallest absolute Gasteiger partial charge is 0.243 e. The summed E-state index contributed by atoms with van der Waals surface area (Å²) in [5.74, 6) is 2.30. The van der Waals surface area contributed by atoms with Crippen molar-refractivity contribution >= 4 is 5.91 Å². The molecule has 4 N–H and O–H groups in total. The van der Waals surface area contributed by atoms with Gasteiger partial charge in [-0.2, -0.15) is 0 Å². The number of ether oxygens (including phenoxy) is 1. The summed E-state index contributed by atoms with van der Waals surface area (Å²) in [4.78, 5) is 10.4. The molecule has 1 rings (SSSR count). The molecule has 1 aromatic carbocycles. The van der Waals surface area contributed by atoms with Crippen molar-refractivity contribution in [2.45, 2.75) is 6.42 Å². The van der Waals surface area contributed by atoms with E-state index in [9.17, 15) is 4.79 Å². The number of hydrogen-bond acceptors (Lipinski definition) is 3. The summed E-state index contributed by atoms with van der Waals surface area (Å²) in [6.45, 7) is 0.446. The third-order valence-electron chi connectivity index (χ3n) is 1.95. The lowest BCUT2D eigenvalue weighted by molar-refractivity contribution is -0.122. The minimum Gasteiger partial charge on any atom is -0.371 e. The molecule has 16 heavy (non-hydrogen) atoms. The molecule has 4 nitrogen and oxygen atoms in total. The van der Waals surface area contributed by atoms with Crippen LogP contribution in [0.25, 0.3) is 0 Å². The molecule has 0 fully saturated rings. The van der Waals surface area contributed by atoms with Gasteiger partial charge in [0.25, 0.3) is 0 Å². The molecule has 0 heterocycles. The first-order valence-corrected chi connectivity index (χ1v) is 4.89. The summed E-state index contributed by atoms with van der Waals surface area (Å²) in [6.07, 6.45) is 0.740. The monoisotopic (exact) mass is 218 g/mol. The van der Waals surface area contributed by atoms with Gasteiger partial charge in [-0.05, 0) is 30.0 Å². The van der Waals surface area contributed by atoms with Gasteiger partial charge in [0.2, 0.25) is 5.91 Å². The fourth-order valence-electron chi connectivity index (χ4n) is 1.20. The zero-order valence-electron chi connectivity index (χ0n) is 8.90. The Morgan fingerprint density at radius 2 is 2.00 bits per heavy atom. The molecule has 1 aromatic rings. The van der Waals surface area contributed by atoms with Crippen LogP contribution in [0.4, 0.5) is 0 Å². The van der Waals surface area contributed by atoms with Crippen molar-refractivity contribution in [2.24, 2.45) is 11.5 Å². The summed E-state index contributed by atoms with van der Waals surface area (Å²) in [5, 5.41) is 0. The van der Waals surface area contributed by atoms with Crippen LogP contribution in [0, 0.1) is 12.0 Å². The maximum atomic E-state index is 10.4. The summed E-state index contributed by atoms with van der Waals surface area (Å²) < 4.78 is 5.05. The Bertz CT molecular complexity index is 401. The number of nitrogens with two attached hydrogens (primary N) is 2. The number of hydrogen-bond donors (Lipinski definition) is 2. The largest absolute Gasteiger partial charge is 0.371 e. The van der Waals surface area contributed by atoms with Crippen LogP contribution in [-0.2, 0) is 16.0 Å². The zero-order valence-corrected chi connectivity index (χ0v) is 8.90. The van der Waals surface area contributed by atoms with Crippen molar-refractivity contribution in [2.75, 3.05) is 13.2 Å². The van der Waals surface area contributed by atoms with Gasteiger partial charge < -0.3 is 16.2 Å².